The number of rotatable bonds is 7. The number of aromatic nitrogens is 4. The Morgan fingerprint density at radius 2 is 2.16 bits per heavy atom. The van der Waals surface area contributed by atoms with Crippen molar-refractivity contribution in [3.05, 3.63) is 42.2 Å². The third kappa shape index (κ3) is 3.86. The molecule has 2 aromatic rings. The molecule has 1 N–H and O–H groups in total. The molecule has 5 heteroatoms. The topological polar surface area (TPSA) is 55.6 Å². The minimum absolute atomic E-state index is 0.328. The van der Waals surface area contributed by atoms with E-state index in [1.807, 2.05) is 30.1 Å². The van der Waals surface area contributed by atoms with E-state index in [2.05, 4.69) is 33.4 Å². The minimum atomic E-state index is 0.328. The zero-order valence-corrected chi connectivity index (χ0v) is 11.6. The summed E-state index contributed by atoms with van der Waals surface area (Å²) in [5.74, 6) is 1.04. The van der Waals surface area contributed by atoms with Gasteiger partial charge in [-0.1, -0.05) is 13.0 Å². The molecule has 1 atom stereocenters. The van der Waals surface area contributed by atoms with Crippen LogP contribution in [0.1, 0.15) is 24.9 Å². The van der Waals surface area contributed by atoms with Crippen LogP contribution in [0, 0.1) is 0 Å². The summed E-state index contributed by atoms with van der Waals surface area (Å²) in [7, 11) is 1.98. The van der Waals surface area contributed by atoms with Crippen LogP contribution in [0.5, 0.6) is 0 Å². The lowest BCUT2D eigenvalue weighted by molar-refractivity contribution is 0.498. The van der Waals surface area contributed by atoms with E-state index in [0.717, 1.165) is 37.3 Å². The fraction of sp³-hybridized carbons (Fsp3) is 0.500. The van der Waals surface area contributed by atoms with Crippen LogP contribution in [-0.4, -0.2) is 32.8 Å². The molecular weight excluding hydrogens is 238 g/mol. The van der Waals surface area contributed by atoms with Crippen molar-refractivity contribution in [3.63, 3.8) is 0 Å². The normalized spacial score (nSPS) is 12.5. The molecule has 1 unspecified atom stereocenters. The van der Waals surface area contributed by atoms with Crippen LogP contribution in [0.3, 0.4) is 0 Å². The van der Waals surface area contributed by atoms with Crippen LogP contribution < -0.4 is 5.32 Å². The fourth-order valence-electron chi connectivity index (χ4n) is 2.11. The number of hydrogen-bond donors (Lipinski definition) is 1. The Morgan fingerprint density at radius 1 is 1.26 bits per heavy atom. The average molecular weight is 259 g/mol. The van der Waals surface area contributed by atoms with E-state index in [4.69, 9.17) is 0 Å². The molecule has 2 aromatic heterocycles. The highest BCUT2D eigenvalue weighted by molar-refractivity contribution is 5.06. The summed E-state index contributed by atoms with van der Waals surface area (Å²) in [6, 6.07) is 6.35. The predicted molar refractivity (Wildman–Crippen MR) is 74.8 cm³/mol. The van der Waals surface area contributed by atoms with Gasteiger partial charge < -0.3 is 5.32 Å². The van der Waals surface area contributed by atoms with Gasteiger partial charge in [-0.15, -0.1) is 0 Å². The second kappa shape index (κ2) is 6.99. The third-order valence-electron chi connectivity index (χ3n) is 3.15. The molecule has 0 radical (unpaired) electrons. The van der Waals surface area contributed by atoms with Gasteiger partial charge in [0.15, 0.2) is 0 Å². The Morgan fingerprint density at radius 3 is 2.84 bits per heavy atom. The zero-order valence-electron chi connectivity index (χ0n) is 11.6. The molecule has 0 saturated carbocycles. The Hall–Kier alpha value is -1.75. The Balaban J connectivity index is 2.00. The van der Waals surface area contributed by atoms with Gasteiger partial charge in [-0.25, -0.2) is 4.98 Å². The first-order valence-corrected chi connectivity index (χ1v) is 6.77. The van der Waals surface area contributed by atoms with Gasteiger partial charge in [0, 0.05) is 37.3 Å². The maximum atomic E-state index is 4.37. The van der Waals surface area contributed by atoms with E-state index in [-0.39, 0.29) is 0 Å². The molecular formula is C14H21N5. The summed E-state index contributed by atoms with van der Waals surface area (Å²) in [6.45, 7) is 3.07. The van der Waals surface area contributed by atoms with E-state index in [1.54, 1.807) is 6.33 Å². The average Bonchev–Trinajstić information content (AvgIpc) is 2.87. The highest BCUT2D eigenvalue weighted by atomic mass is 15.3. The lowest BCUT2D eigenvalue weighted by atomic mass is 10.1. The van der Waals surface area contributed by atoms with E-state index in [9.17, 15) is 0 Å². The van der Waals surface area contributed by atoms with E-state index in [1.165, 1.54) is 0 Å². The van der Waals surface area contributed by atoms with Crippen LogP contribution in [0.15, 0.2) is 30.7 Å². The van der Waals surface area contributed by atoms with Crippen molar-refractivity contribution in [2.24, 2.45) is 0 Å². The lowest BCUT2D eigenvalue weighted by Gasteiger charge is -2.15. The van der Waals surface area contributed by atoms with Gasteiger partial charge in [-0.2, -0.15) is 5.10 Å². The maximum absolute atomic E-state index is 4.37. The molecule has 2 heterocycles. The summed E-state index contributed by atoms with van der Waals surface area (Å²) >= 11 is 0. The fourth-order valence-corrected chi connectivity index (χ4v) is 2.11. The molecule has 5 nitrogen and oxygen atoms in total. The SMILES string of the molecule is CCCn1ncnc1CC(Cc1ccccn1)NC. The molecule has 0 aliphatic heterocycles. The van der Waals surface area contributed by atoms with Crippen LogP contribution in [0.25, 0.3) is 0 Å². The molecule has 0 aliphatic rings. The number of pyridine rings is 1. The number of nitrogens with zero attached hydrogens (tertiary/aromatic N) is 4. The number of aryl methyl sites for hydroxylation is 1. The first-order valence-electron chi connectivity index (χ1n) is 6.77. The summed E-state index contributed by atoms with van der Waals surface area (Å²) in [5.41, 5.74) is 1.10. The minimum Gasteiger partial charge on any atom is -0.316 e. The highest BCUT2D eigenvalue weighted by Crippen LogP contribution is 2.06. The molecule has 0 bridgehead atoms. The molecule has 0 fully saturated rings. The summed E-state index contributed by atoms with van der Waals surface area (Å²) in [6.07, 6.45) is 6.31. The summed E-state index contributed by atoms with van der Waals surface area (Å²) in [4.78, 5) is 8.73. The van der Waals surface area contributed by atoms with Crippen LogP contribution >= 0.6 is 0 Å². The molecule has 0 saturated heterocycles. The largest absolute Gasteiger partial charge is 0.316 e. The van der Waals surface area contributed by atoms with Crippen molar-refractivity contribution in [1.82, 2.24) is 25.1 Å². The second-order valence-corrected chi connectivity index (χ2v) is 4.61. The molecule has 0 spiro atoms. The Bertz CT molecular complexity index is 480. The highest BCUT2D eigenvalue weighted by Gasteiger charge is 2.13. The predicted octanol–water partition coefficient (Wildman–Crippen LogP) is 1.46. The first-order chi connectivity index (χ1) is 9.33. The standard InChI is InChI=1S/C14H21N5/c1-3-8-19-14(17-11-18-19)10-13(15-2)9-12-6-4-5-7-16-12/h4-7,11,13,15H,3,8-10H2,1-2H3. The van der Waals surface area contributed by atoms with Crippen LogP contribution in [0.2, 0.25) is 0 Å². The molecule has 0 aromatic carbocycles. The third-order valence-corrected chi connectivity index (χ3v) is 3.15. The quantitative estimate of drug-likeness (QED) is 0.818. The number of likely N-dealkylation sites (N-methyl/N-ethyl adjacent to an activating group) is 1. The van der Waals surface area contributed by atoms with Gasteiger partial charge in [0.25, 0.3) is 0 Å². The van der Waals surface area contributed by atoms with E-state index in [0.29, 0.717) is 6.04 Å². The van der Waals surface area contributed by atoms with Crippen molar-refractivity contribution in [2.45, 2.75) is 38.8 Å². The lowest BCUT2D eigenvalue weighted by Crippen LogP contribution is -2.31. The van der Waals surface area contributed by atoms with Crippen LogP contribution in [-0.2, 0) is 19.4 Å². The Kier molecular flexibility index (Phi) is 5.03. The van der Waals surface area contributed by atoms with Gasteiger partial charge >= 0.3 is 0 Å². The van der Waals surface area contributed by atoms with Gasteiger partial charge in [0.05, 0.1) is 0 Å². The molecule has 0 amide bonds. The second-order valence-electron chi connectivity index (χ2n) is 4.61. The maximum Gasteiger partial charge on any atom is 0.138 e. The first kappa shape index (κ1) is 13.7. The number of nitrogens with one attached hydrogen (secondary N) is 1. The van der Waals surface area contributed by atoms with Crippen molar-refractivity contribution < 1.29 is 0 Å². The van der Waals surface area contributed by atoms with Gasteiger partial charge in [-0.3, -0.25) is 9.67 Å². The van der Waals surface area contributed by atoms with Gasteiger partial charge in [0.1, 0.15) is 12.2 Å². The number of hydrogen-bond acceptors (Lipinski definition) is 4. The van der Waals surface area contributed by atoms with Gasteiger partial charge in [-0.05, 0) is 25.6 Å². The van der Waals surface area contributed by atoms with Gasteiger partial charge in [0.2, 0.25) is 0 Å². The van der Waals surface area contributed by atoms with E-state index >= 15 is 0 Å². The van der Waals surface area contributed by atoms with Crippen molar-refractivity contribution in [2.75, 3.05) is 7.05 Å². The molecule has 19 heavy (non-hydrogen) atoms. The van der Waals surface area contributed by atoms with Crippen LogP contribution in [0.4, 0.5) is 0 Å². The molecule has 2 rings (SSSR count). The zero-order chi connectivity index (χ0) is 13.5. The van der Waals surface area contributed by atoms with Crippen molar-refractivity contribution >= 4 is 0 Å². The summed E-state index contributed by atoms with van der Waals surface area (Å²) < 4.78 is 1.99. The monoisotopic (exact) mass is 259 g/mol. The van der Waals surface area contributed by atoms with Crippen molar-refractivity contribution in [1.29, 1.82) is 0 Å². The van der Waals surface area contributed by atoms with Crippen molar-refractivity contribution in [3.8, 4) is 0 Å². The molecule has 102 valence electrons. The summed E-state index contributed by atoms with van der Waals surface area (Å²) in [5, 5.41) is 7.60. The van der Waals surface area contributed by atoms with E-state index < -0.39 is 0 Å². The smallest absolute Gasteiger partial charge is 0.138 e. The molecule has 0 aliphatic carbocycles. The Labute approximate surface area is 114 Å².